The first-order valence-electron chi connectivity index (χ1n) is 8.24. The van der Waals surface area contributed by atoms with E-state index in [0.717, 1.165) is 33.5 Å². The molecule has 1 aromatic heterocycles. The molecule has 148 valence electrons. The van der Waals surface area contributed by atoms with E-state index in [0.29, 0.717) is 10.4 Å². The third-order valence-electron chi connectivity index (χ3n) is 4.24. The predicted octanol–water partition coefficient (Wildman–Crippen LogP) is 2.53. The Hall–Kier alpha value is -2.72. The van der Waals surface area contributed by atoms with Crippen LogP contribution in [0.1, 0.15) is 6.92 Å². The number of nitrogens with one attached hydrogen (secondary N) is 1. The number of thiazole rings is 1. The van der Waals surface area contributed by atoms with E-state index in [1.165, 1.54) is 29.7 Å². The zero-order chi connectivity index (χ0) is 20.6. The van der Waals surface area contributed by atoms with Crippen LogP contribution in [0, 0.1) is 5.82 Å². The van der Waals surface area contributed by atoms with Crippen LogP contribution in [-0.2, 0) is 21.9 Å². The lowest BCUT2D eigenvalue weighted by molar-refractivity contribution is -0.116. The molecule has 7 nitrogen and oxygen atoms in total. The summed E-state index contributed by atoms with van der Waals surface area (Å²) >= 11 is 1.04. The van der Waals surface area contributed by atoms with E-state index < -0.39 is 27.8 Å². The van der Waals surface area contributed by atoms with Crippen LogP contribution in [0.4, 0.5) is 15.8 Å². The van der Waals surface area contributed by atoms with E-state index in [2.05, 4.69) is 5.32 Å². The van der Waals surface area contributed by atoms with Gasteiger partial charge in [0.25, 0.3) is 0 Å². The van der Waals surface area contributed by atoms with E-state index in [-0.39, 0.29) is 10.6 Å². The number of hydrogen-bond acceptors (Lipinski definition) is 5. The highest BCUT2D eigenvalue weighted by molar-refractivity contribution is 7.92. The molecule has 0 aliphatic carbocycles. The van der Waals surface area contributed by atoms with Crippen LogP contribution >= 0.6 is 11.3 Å². The maximum atomic E-state index is 14.2. The summed E-state index contributed by atoms with van der Waals surface area (Å²) in [5.74, 6) is -1.38. The van der Waals surface area contributed by atoms with Crippen molar-refractivity contribution in [3.63, 3.8) is 0 Å². The summed E-state index contributed by atoms with van der Waals surface area (Å²) in [4.78, 5) is 24.3. The number of carbonyl (C=O) groups is 1. The van der Waals surface area contributed by atoms with Gasteiger partial charge in [-0.1, -0.05) is 23.5 Å². The summed E-state index contributed by atoms with van der Waals surface area (Å²) in [5, 5.41) is 2.63. The maximum Gasteiger partial charge on any atom is 0.307 e. The number of anilines is 2. The Morgan fingerprint density at radius 2 is 1.93 bits per heavy atom. The molecule has 1 heterocycles. The van der Waals surface area contributed by atoms with Crippen LogP contribution in [0.5, 0.6) is 0 Å². The Labute approximate surface area is 165 Å². The quantitative estimate of drug-likeness (QED) is 0.683. The van der Waals surface area contributed by atoms with Gasteiger partial charge in [0.15, 0.2) is 0 Å². The molecule has 10 heteroatoms. The van der Waals surface area contributed by atoms with Gasteiger partial charge in [0.1, 0.15) is 11.9 Å². The molecule has 1 amide bonds. The smallest absolute Gasteiger partial charge is 0.307 e. The van der Waals surface area contributed by atoms with Crippen molar-refractivity contribution in [3.8, 4) is 0 Å². The molecular weight excluding hydrogens is 405 g/mol. The lowest BCUT2D eigenvalue weighted by Crippen LogP contribution is -2.45. The summed E-state index contributed by atoms with van der Waals surface area (Å²) in [6, 6.07) is 9.11. The number of carbonyl (C=O) groups excluding carboxylic acids is 1. The van der Waals surface area contributed by atoms with Gasteiger partial charge in [-0.2, -0.15) is 0 Å². The summed E-state index contributed by atoms with van der Waals surface area (Å²) in [6.45, 7) is 1.38. The molecule has 0 fully saturated rings. The predicted molar refractivity (Wildman–Crippen MR) is 109 cm³/mol. The van der Waals surface area contributed by atoms with E-state index in [4.69, 9.17) is 0 Å². The molecule has 2 aromatic carbocycles. The first-order valence-corrected chi connectivity index (χ1v) is 10.9. The van der Waals surface area contributed by atoms with E-state index >= 15 is 0 Å². The zero-order valence-corrected chi connectivity index (χ0v) is 17.0. The highest BCUT2D eigenvalue weighted by Gasteiger charge is 2.31. The molecule has 28 heavy (non-hydrogen) atoms. The van der Waals surface area contributed by atoms with Gasteiger partial charge in [0.2, 0.25) is 15.9 Å². The molecule has 0 aliphatic rings. The van der Waals surface area contributed by atoms with E-state index in [1.54, 1.807) is 25.2 Å². The number of para-hydroxylation sites is 1. The number of rotatable bonds is 5. The number of fused-ring (bicyclic) bond motifs is 1. The molecule has 0 saturated heterocycles. The van der Waals surface area contributed by atoms with Crippen LogP contribution in [-0.4, -0.2) is 31.2 Å². The Morgan fingerprint density at radius 3 is 2.57 bits per heavy atom. The topological polar surface area (TPSA) is 88.5 Å². The third-order valence-corrected chi connectivity index (χ3v) is 6.46. The fourth-order valence-electron chi connectivity index (χ4n) is 2.87. The average Bonchev–Trinajstić information content (AvgIpc) is 2.89. The SMILES string of the molecule is C[C@H](C(=O)Nc1ccc2c(c1)sc(=O)n2C)N(c1ccccc1F)S(C)(=O)=O. The molecular formula is C18H18FN3O4S2. The van der Waals surface area contributed by atoms with Gasteiger partial charge >= 0.3 is 4.87 Å². The largest absolute Gasteiger partial charge is 0.324 e. The van der Waals surface area contributed by atoms with Crippen LogP contribution in [0.2, 0.25) is 0 Å². The minimum Gasteiger partial charge on any atom is -0.324 e. The molecule has 0 radical (unpaired) electrons. The number of amides is 1. The van der Waals surface area contributed by atoms with Crippen molar-refractivity contribution in [1.29, 1.82) is 0 Å². The van der Waals surface area contributed by atoms with Crippen molar-refractivity contribution >= 4 is 48.9 Å². The minimum absolute atomic E-state index is 0.130. The van der Waals surface area contributed by atoms with Crippen molar-refractivity contribution in [3.05, 3.63) is 57.9 Å². The average molecular weight is 423 g/mol. The van der Waals surface area contributed by atoms with Crippen LogP contribution in [0.15, 0.2) is 47.3 Å². The number of sulfonamides is 1. The molecule has 0 saturated carbocycles. The summed E-state index contributed by atoms with van der Waals surface area (Å²) in [7, 11) is -2.27. The molecule has 1 N–H and O–H groups in total. The number of hydrogen-bond donors (Lipinski definition) is 1. The summed E-state index contributed by atoms with van der Waals surface area (Å²) < 4.78 is 41.6. The van der Waals surface area contributed by atoms with Gasteiger partial charge < -0.3 is 9.88 Å². The van der Waals surface area contributed by atoms with Gasteiger partial charge in [-0.3, -0.25) is 13.9 Å². The number of aromatic nitrogens is 1. The van der Waals surface area contributed by atoms with Crippen molar-refractivity contribution in [2.24, 2.45) is 7.05 Å². The third kappa shape index (κ3) is 3.78. The lowest BCUT2D eigenvalue weighted by atomic mass is 10.2. The number of halogens is 1. The number of nitrogens with zero attached hydrogens (tertiary/aromatic N) is 2. The molecule has 3 rings (SSSR count). The van der Waals surface area contributed by atoms with Crippen molar-refractivity contribution in [2.75, 3.05) is 15.9 Å². The normalized spacial score (nSPS) is 12.7. The highest BCUT2D eigenvalue weighted by Crippen LogP contribution is 2.25. The van der Waals surface area contributed by atoms with E-state index in [9.17, 15) is 22.4 Å². The molecule has 0 unspecified atom stereocenters. The fraction of sp³-hybridized carbons (Fsp3) is 0.222. The molecule has 0 spiro atoms. The van der Waals surface area contributed by atoms with E-state index in [1.807, 2.05) is 0 Å². The highest BCUT2D eigenvalue weighted by atomic mass is 32.2. The monoisotopic (exact) mass is 423 g/mol. The molecule has 1 atom stereocenters. The summed E-state index contributed by atoms with van der Waals surface area (Å²) in [6.07, 6.45) is 0.913. The van der Waals surface area contributed by atoms with Crippen LogP contribution in [0.25, 0.3) is 10.2 Å². The van der Waals surface area contributed by atoms with Gasteiger partial charge in [-0.25, -0.2) is 12.8 Å². The Morgan fingerprint density at radius 1 is 1.25 bits per heavy atom. The van der Waals surface area contributed by atoms with Crippen molar-refractivity contribution in [1.82, 2.24) is 4.57 Å². The Kier molecular flexibility index (Phi) is 5.26. The standard InChI is InChI=1S/C18H18FN3O4S2/c1-11(22(28(3,25)26)14-7-5-4-6-13(14)19)17(23)20-12-8-9-15-16(10-12)27-18(24)21(15)2/h4-11H,1-3H3,(H,20,23)/t11-/m1/s1. The lowest BCUT2D eigenvalue weighted by Gasteiger charge is -2.28. The van der Waals surface area contributed by atoms with Crippen LogP contribution in [0.3, 0.4) is 0 Å². The zero-order valence-electron chi connectivity index (χ0n) is 15.3. The van der Waals surface area contributed by atoms with Gasteiger partial charge in [-0.15, -0.1) is 0 Å². The fourth-order valence-corrected chi connectivity index (χ4v) is 4.96. The second-order valence-corrected chi connectivity index (χ2v) is 9.14. The van der Waals surface area contributed by atoms with Gasteiger partial charge in [0.05, 0.1) is 22.2 Å². The summed E-state index contributed by atoms with van der Waals surface area (Å²) in [5.41, 5.74) is 0.933. The van der Waals surface area contributed by atoms with Gasteiger partial charge in [0, 0.05) is 12.7 Å². The molecule has 0 aliphatic heterocycles. The Bertz CT molecular complexity index is 1220. The second-order valence-electron chi connectivity index (χ2n) is 6.28. The number of aryl methyl sites for hydroxylation is 1. The first-order chi connectivity index (χ1) is 13.1. The molecule has 0 bridgehead atoms. The number of benzene rings is 2. The van der Waals surface area contributed by atoms with Crippen LogP contribution < -0.4 is 14.5 Å². The van der Waals surface area contributed by atoms with Gasteiger partial charge in [-0.05, 0) is 37.3 Å². The Balaban J connectivity index is 1.92. The second kappa shape index (κ2) is 7.36. The minimum atomic E-state index is -3.92. The maximum absolute atomic E-state index is 14.2. The van der Waals surface area contributed by atoms with Crippen molar-refractivity contribution in [2.45, 2.75) is 13.0 Å². The molecule has 3 aromatic rings. The van der Waals surface area contributed by atoms with Crippen molar-refractivity contribution < 1.29 is 17.6 Å². The first kappa shape index (κ1) is 20.0.